The van der Waals surface area contributed by atoms with Gasteiger partial charge >= 0.3 is 5.97 Å². The summed E-state index contributed by atoms with van der Waals surface area (Å²) in [6, 6.07) is 32.6. The third-order valence-electron chi connectivity index (χ3n) is 8.22. The van der Waals surface area contributed by atoms with E-state index < -0.39 is 17.2 Å². The second kappa shape index (κ2) is 12.4. The molecule has 6 rings (SSSR count). The Morgan fingerprint density at radius 1 is 0.889 bits per heavy atom. The van der Waals surface area contributed by atoms with E-state index in [1.807, 2.05) is 12.1 Å². The molecule has 1 aromatic heterocycles. The lowest BCUT2D eigenvalue weighted by Gasteiger charge is -2.30. The molecular weight excluding hydrogens is 565 g/mol. The van der Waals surface area contributed by atoms with E-state index in [0.29, 0.717) is 17.8 Å². The van der Waals surface area contributed by atoms with E-state index in [1.165, 1.54) is 40.3 Å². The topological polar surface area (TPSA) is 65.6 Å². The van der Waals surface area contributed by atoms with Crippen LogP contribution in [0.5, 0.6) is 0 Å². The van der Waals surface area contributed by atoms with Gasteiger partial charge in [-0.25, -0.2) is 9.18 Å². The predicted octanol–water partition coefficient (Wildman–Crippen LogP) is 7.85. The van der Waals surface area contributed by atoms with E-state index in [9.17, 15) is 14.0 Å². The van der Waals surface area contributed by atoms with Gasteiger partial charge in [0.2, 0.25) is 0 Å². The Morgan fingerprint density at radius 3 is 2.11 bits per heavy atom. The van der Waals surface area contributed by atoms with Crippen molar-refractivity contribution in [2.75, 3.05) is 18.1 Å². The highest BCUT2D eigenvalue weighted by Crippen LogP contribution is 2.41. The first-order valence-corrected chi connectivity index (χ1v) is 15.2. The first kappa shape index (κ1) is 29.9. The van der Waals surface area contributed by atoms with Crippen LogP contribution in [0.1, 0.15) is 53.5 Å². The van der Waals surface area contributed by atoms with Crippen LogP contribution in [-0.4, -0.2) is 34.9 Å². The maximum atomic E-state index is 13.6. The standard InChI is InChI=1S/C38H36FN3O3/c1-4-45-37(44)32-24-42(36(43)28-15-17-29(39)18-16-28)25-38(2,3)34-31-20-19-30(21-33(31)40-35(32)34)41(22-26-11-7-5-8-12-26)23-27-13-9-6-10-14-27/h5-21,24,40H,4,22-23,25H2,1-3H3. The van der Waals surface area contributed by atoms with Crippen molar-refractivity contribution in [1.82, 2.24) is 9.88 Å². The number of aromatic amines is 1. The third-order valence-corrected chi connectivity index (χ3v) is 8.22. The van der Waals surface area contributed by atoms with Crippen molar-refractivity contribution in [3.8, 4) is 0 Å². The SMILES string of the molecule is CCOC(=O)C1=CN(C(=O)c2ccc(F)cc2)CC(C)(C)c2c1[nH]c1cc(N(Cc3ccccc3)Cc3ccccc3)ccc21. The number of H-pyrrole nitrogens is 1. The lowest BCUT2D eigenvalue weighted by molar-refractivity contribution is -0.136. The first-order valence-electron chi connectivity index (χ1n) is 15.2. The lowest BCUT2D eigenvalue weighted by Crippen LogP contribution is -2.37. The molecule has 7 heteroatoms. The molecule has 45 heavy (non-hydrogen) atoms. The molecule has 0 atom stereocenters. The largest absolute Gasteiger partial charge is 0.462 e. The van der Waals surface area contributed by atoms with Gasteiger partial charge < -0.3 is 19.5 Å². The van der Waals surface area contributed by atoms with E-state index >= 15 is 0 Å². The molecule has 0 saturated heterocycles. The molecule has 0 spiro atoms. The molecule has 0 unspecified atom stereocenters. The van der Waals surface area contributed by atoms with Crippen molar-refractivity contribution < 1.29 is 18.7 Å². The van der Waals surface area contributed by atoms with E-state index in [1.54, 1.807) is 13.1 Å². The number of nitrogens with one attached hydrogen (secondary N) is 1. The third kappa shape index (κ3) is 6.25. The van der Waals surface area contributed by atoms with E-state index in [4.69, 9.17) is 4.74 Å². The van der Waals surface area contributed by atoms with Crippen LogP contribution in [0, 0.1) is 5.82 Å². The van der Waals surface area contributed by atoms with Crippen LogP contribution in [0.25, 0.3) is 16.5 Å². The minimum Gasteiger partial charge on any atom is -0.462 e. The van der Waals surface area contributed by atoms with E-state index in [2.05, 4.69) is 90.5 Å². The molecule has 0 radical (unpaired) electrons. The minimum atomic E-state index is -0.552. The molecule has 0 saturated carbocycles. The maximum Gasteiger partial charge on any atom is 0.341 e. The zero-order valence-corrected chi connectivity index (χ0v) is 25.7. The Kier molecular flexibility index (Phi) is 8.26. The van der Waals surface area contributed by atoms with Gasteiger partial charge in [-0.05, 0) is 60.0 Å². The van der Waals surface area contributed by atoms with E-state index in [0.717, 1.165) is 35.2 Å². The maximum absolute atomic E-state index is 13.6. The number of rotatable bonds is 8. The van der Waals surface area contributed by atoms with Crippen LogP contribution in [-0.2, 0) is 28.0 Å². The second-order valence-electron chi connectivity index (χ2n) is 12.0. The molecule has 0 fully saturated rings. The number of amides is 1. The van der Waals surface area contributed by atoms with Crippen LogP contribution in [0.4, 0.5) is 10.1 Å². The fourth-order valence-corrected chi connectivity index (χ4v) is 6.16. The van der Waals surface area contributed by atoms with Crippen LogP contribution in [0.15, 0.2) is 109 Å². The number of aromatic nitrogens is 1. The molecule has 4 aromatic carbocycles. The van der Waals surface area contributed by atoms with Gasteiger partial charge in [0.1, 0.15) is 5.82 Å². The highest BCUT2D eigenvalue weighted by molar-refractivity contribution is 6.18. The Labute approximate surface area is 262 Å². The van der Waals surface area contributed by atoms with E-state index in [-0.39, 0.29) is 18.1 Å². The number of benzene rings is 4. The first-order chi connectivity index (χ1) is 21.7. The predicted molar refractivity (Wildman–Crippen MR) is 176 cm³/mol. The molecule has 1 aliphatic heterocycles. The molecule has 0 aliphatic carbocycles. The molecule has 6 nitrogen and oxygen atoms in total. The Bertz CT molecular complexity index is 1820. The number of ether oxygens (including phenoxy) is 1. The summed E-state index contributed by atoms with van der Waals surface area (Å²) in [5.74, 6) is -1.26. The summed E-state index contributed by atoms with van der Waals surface area (Å²) in [6.07, 6.45) is 1.57. The number of fused-ring (bicyclic) bond motifs is 3. The molecule has 1 aliphatic rings. The van der Waals surface area contributed by atoms with Gasteiger partial charge in [-0.3, -0.25) is 4.79 Å². The number of anilines is 1. The highest BCUT2D eigenvalue weighted by atomic mass is 19.1. The Balaban J connectivity index is 1.44. The fraction of sp³-hybridized carbons (Fsp3) is 0.211. The summed E-state index contributed by atoms with van der Waals surface area (Å²) in [5, 5.41) is 0.976. The number of hydrogen-bond acceptors (Lipinski definition) is 4. The van der Waals surface area contributed by atoms with Crippen molar-refractivity contribution in [2.24, 2.45) is 0 Å². The average molecular weight is 602 g/mol. The van der Waals surface area contributed by atoms with Gasteiger partial charge in [-0.2, -0.15) is 0 Å². The van der Waals surface area contributed by atoms with Crippen molar-refractivity contribution in [1.29, 1.82) is 0 Å². The van der Waals surface area contributed by atoms with Gasteiger partial charge in [-0.15, -0.1) is 0 Å². The Hall–Kier alpha value is -5.17. The molecule has 0 bridgehead atoms. The normalized spacial score (nSPS) is 14.0. The Morgan fingerprint density at radius 2 is 1.51 bits per heavy atom. The summed E-state index contributed by atoms with van der Waals surface area (Å²) in [7, 11) is 0. The number of nitrogens with zero attached hydrogens (tertiary/aromatic N) is 2. The summed E-state index contributed by atoms with van der Waals surface area (Å²) in [5.41, 5.74) is 5.98. The van der Waals surface area contributed by atoms with Crippen LogP contribution in [0.3, 0.4) is 0 Å². The van der Waals surface area contributed by atoms with Crippen molar-refractivity contribution in [2.45, 2.75) is 39.3 Å². The number of carbonyl (C=O) groups is 2. The average Bonchev–Trinajstić information content (AvgIpc) is 3.38. The lowest BCUT2D eigenvalue weighted by atomic mass is 9.81. The number of hydrogen-bond donors (Lipinski definition) is 1. The summed E-state index contributed by atoms with van der Waals surface area (Å²) in [4.78, 5) is 34.5. The van der Waals surface area contributed by atoms with Gasteiger partial charge in [0.15, 0.2) is 0 Å². The van der Waals surface area contributed by atoms with Crippen molar-refractivity contribution in [3.63, 3.8) is 0 Å². The summed E-state index contributed by atoms with van der Waals surface area (Å²) >= 11 is 0. The van der Waals surface area contributed by atoms with Gasteiger partial charge in [-0.1, -0.05) is 80.6 Å². The fourth-order valence-electron chi connectivity index (χ4n) is 6.16. The molecule has 228 valence electrons. The zero-order chi connectivity index (χ0) is 31.6. The minimum absolute atomic E-state index is 0.194. The van der Waals surface area contributed by atoms with Crippen LogP contribution < -0.4 is 4.90 Å². The molecule has 1 amide bonds. The summed E-state index contributed by atoms with van der Waals surface area (Å²) in [6.45, 7) is 7.84. The van der Waals surface area contributed by atoms with Crippen molar-refractivity contribution >= 4 is 34.0 Å². The second-order valence-corrected chi connectivity index (χ2v) is 12.0. The smallest absolute Gasteiger partial charge is 0.341 e. The molecule has 5 aromatic rings. The van der Waals surface area contributed by atoms with Crippen LogP contribution >= 0.6 is 0 Å². The highest BCUT2D eigenvalue weighted by Gasteiger charge is 2.37. The van der Waals surface area contributed by atoms with Crippen molar-refractivity contribution in [3.05, 3.63) is 143 Å². The van der Waals surface area contributed by atoms with Gasteiger partial charge in [0.25, 0.3) is 5.91 Å². The number of esters is 1. The van der Waals surface area contributed by atoms with Gasteiger partial charge in [0.05, 0.1) is 17.9 Å². The molecular formula is C38H36FN3O3. The monoisotopic (exact) mass is 601 g/mol. The quantitative estimate of drug-likeness (QED) is 0.184. The van der Waals surface area contributed by atoms with Gasteiger partial charge in [0, 0.05) is 53.4 Å². The number of carbonyl (C=O) groups excluding carboxylic acids is 2. The summed E-state index contributed by atoms with van der Waals surface area (Å²) < 4.78 is 19.1. The number of halogens is 1. The zero-order valence-electron chi connectivity index (χ0n) is 25.7. The molecule has 2 heterocycles. The molecule has 1 N–H and O–H groups in total. The van der Waals surface area contributed by atoms with Crippen LogP contribution in [0.2, 0.25) is 0 Å².